The molecule has 32 heavy (non-hydrogen) atoms. The highest BCUT2D eigenvalue weighted by molar-refractivity contribution is 7.55. The monoisotopic (exact) mass is 473 g/mol. The minimum atomic E-state index is -3.61. The molecule has 0 spiro atoms. The molecule has 0 amide bonds. The number of nitrogens with one attached hydrogen (secondary N) is 4. The topological polar surface area (TPSA) is 198 Å². The van der Waals surface area contributed by atoms with Crippen molar-refractivity contribution in [3.8, 4) is 0 Å². The van der Waals surface area contributed by atoms with Crippen molar-refractivity contribution >= 4 is 24.6 Å². The minimum Gasteiger partial charge on any atom is -0.369 e. The molecule has 0 fully saturated rings. The second kappa shape index (κ2) is 13.6. The summed E-state index contributed by atoms with van der Waals surface area (Å²) in [5, 5.41) is 9.29. The molecule has 9 N–H and O–H groups in total. The molecule has 0 aliphatic carbocycles. The van der Waals surface area contributed by atoms with E-state index in [0.29, 0.717) is 25.3 Å². The summed E-state index contributed by atoms with van der Waals surface area (Å²) in [4.78, 5) is 32.4. The number of anilines is 1. The SMILES string of the molecule is CC(Cn1cnc2c(=O)[nH]c(N)nc21)OCP(=O)(O)NCCCNCCCNCCCN. The van der Waals surface area contributed by atoms with Crippen molar-refractivity contribution in [3.63, 3.8) is 0 Å². The van der Waals surface area contributed by atoms with E-state index in [9.17, 15) is 14.3 Å². The van der Waals surface area contributed by atoms with Crippen LogP contribution in [0.2, 0.25) is 0 Å². The Hall–Kier alpha value is -1.86. The third kappa shape index (κ3) is 9.33. The molecule has 2 aromatic heterocycles. The molecule has 0 saturated carbocycles. The number of aromatic amines is 1. The van der Waals surface area contributed by atoms with Gasteiger partial charge in [-0.05, 0) is 58.9 Å². The smallest absolute Gasteiger partial charge is 0.292 e. The number of rotatable bonds is 17. The molecule has 14 heteroatoms. The predicted molar refractivity (Wildman–Crippen MR) is 124 cm³/mol. The molecule has 2 unspecified atom stereocenters. The second-order valence-corrected chi connectivity index (χ2v) is 9.56. The highest BCUT2D eigenvalue weighted by Crippen LogP contribution is 2.35. The Kier molecular flexibility index (Phi) is 11.2. The van der Waals surface area contributed by atoms with Gasteiger partial charge in [-0.2, -0.15) is 4.98 Å². The number of ether oxygens (including phenoxy) is 1. The fourth-order valence-corrected chi connectivity index (χ4v) is 4.05. The van der Waals surface area contributed by atoms with Crippen LogP contribution in [0.4, 0.5) is 5.95 Å². The molecule has 0 saturated heterocycles. The summed E-state index contributed by atoms with van der Waals surface area (Å²) in [5.41, 5.74) is 11.1. The van der Waals surface area contributed by atoms with Gasteiger partial charge in [0, 0.05) is 6.54 Å². The van der Waals surface area contributed by atoms with Crippen LogP contribution < -0.4 is 32.7 Å². The summed E-state index contributed by atoms with van der Waals surface area (Å²) in [5.74, 6) is -0.00412. The molecule has 2 aromatic rings. The maximum Gasteiger partial charge on any atom is 0.292 e. The first-order valence-electron chi connectivity index (χ1n) is 10.8. The van der Waals surface area contributed by atoms with Gasteiger partial charge in [0.2, 0.25) is 5.95 Å². The Labute approximate surface area is 187 Å². The van der Waals surface area contributed by atoms with Gasteiger partial charge in [0.15, 0.2) is 11.2 Å². The van der Waals surface area contributed by atoms with Crippen LogP contribution in [0.5, 0.6) is 0 Å². The number of nitrogens with two attached hydrogens (primary N) is 2. The molecular formula is C18H36N9O4P. The van der Waals surface area contributed by atoms with E-state index in [1.54, 1.807) is 11.5 Å². The van der Waals surface area contributed by atoms with E-state index in [1.165, 1.54) is 6.33 Å². The second-order valence-electron chi connectivity index (χ2n) is 7.59. The number of imidazole rings is 1. The average Bonchev–Trinajstić information content (AvgIpc) is 3.13. The number of H-pyrrole nitrogens is 1. The zero-order valence-electron chi connectivity index (χ0n) is 18.5. The lowest BCUT2D eigenvalue weighted by Gasteiger charge is -2.18. The average molecular weight is 474 g/mol. The molecule has 0 bridgehead atoms. The highest BCUT2D eigenvalue weighted by Gasteiger charge is 2.20. The molecule has 2 atom stereocenters. The molecular weight excluding hydrogens is 437 g/mol. The molecule has 0 aliphatic heterocycles. The van der Waals surface area contributed by atoms with E-state index < -0.39 is 19.2 Å². The molecule has 182 valence electrons. The quantitative estimate of drug-likeness (QED) is 0.111. The van der Waals surface area contributed by atoms with Crippen LogP contribution in [-0.2, 0) is 15.8 Å². The van der Waals surface area contributed by atoms with Crippen LogP contribution in [0.25, 0.3) is 11.2 Å². The van der Waals surface area contributed by atoms with Gasteiger partial charge in [0.1, 0.15) is 6.35 Å². The van der Waals surface area contributed by atoms with Crippen molar-refractivity contribution in [1.82, 2.24) is 35.2 Å². The zero-order chi connectivity index (χ0) is 23.4. The van der Waals surface area contributed by atoms with Gasteiger partial charge in [-0.15, -0.1) is 0 Å². The molecule has 0 aromatic carbocycles. The number of fused-ring (bicyclic) bond motifs is 1. The lowest BCUT2D eigenvalue weighted by molar-refractivity contribution is 0.0816. The largest absolute Gasteiger partial charge is 0.369 e. The summed E-state index contributed by atoms with van der Waals surface area (Å²) in [6.45, 7) is 6.71. The van der Waals surface area contributed by atoms with Gasteiger partial charge in [0.05, 0.1) is 19.0 Å². The zero-order valence-corrected chi connectivity index (χ0v) is 19.4. The maximum atomic E-state index is 12.3. The van der Waals surface area contributed by atoms with Crippen LogP contribution in [0.15, 0.2) is 11.1 Å². The van der Waals surface area contributed by atoms with Crippen LogP contribution in [0, 0.1) is 0 Å². The third-order valence-corrected chi connectivity index (χ3v) is 5.85. The van der Waals surface area contributed by atoms with E-state index in [-0.39, 0.29) is 17.8 Å². The normalized spacial score (nSPS) is 14.6. The van der Waals surface area contributed by atoms with Crippen LogP contribution in [-0.4, -0.2) is 76.1 Å². The summed E-state index contributed by atoms with van der Waals surface area (Å²) in [6.07, 6.45) is 3.47. The van der Waals surface area contributed by atoms with Gasteiger partial charge < -0.3 is 36.3 Å². The van der Waals surface area contributed by atoms with E-state index in [0.717, 1.165) is 45.4 Å². The first-order chi connectivity index (χ1) is 15.3. The number of nitrogen functional groups attached to an aromatic ring is 1. The standard InChI is InChI=1S/C18H36N9O4P/c1-14(11-27-12-23-15-16(27)25-18(20)26-17(15)28)31-13-32(29,30)24-10-4-9-22-8-3-7-21-6-2-5-19/h12,14,21-22H,2-11,13,19H2,1H3,(H2,24,29,30)(H3,20,25,26,28). The van der Waals surface area contributed by atoms with Crippen molar-refractivity contribution in [3.05, 3.63) is 16.7 Å². The predicted octanol–water partition coefficient (Wildman–Crippen LogP) is -0.852. The molecule has 13 nitrogen and oxygen atoms in total. The van der Waals surface area contributed by atoms with E-state index in [4.69, 9.17) is 16.2 Å². The summed E-state index contributed by atoms with van der Waals surface area (Å²) in [6, 6.07) is 0. The van der Waals surface area contributed by atoms with Crippen molar-refractivity contribution in [2.75, 3.05) is 51.4 Å². The van der Waals surface area contributed by atoms with Gasteiger partial charge >= 0.3 is 0 Å². The lowest BCUT2D eigenvalue weighted by atomic mass is 10.3. The van der Waals surface area contributed by atoms with Crippen molar-refractivity contribution in [2.45, 2.75) is 38.8 Å². The van der Waals surface area contributed by atoms with Gasteiger partial charge in [-0.25, -0.2) is 10.1 Å². The Morgan fingerprint density at radius 2 is 1.88 bits per heavy atom. The van der Waals surface area contributed by atoms with Crippen LogP contribution in [0.1, 0.15) is 26.2 Å². The Morgan fingerprint density at radius 1 is 1.22 bits per heavy atom. The number of hydrogen-bond acceptors (Lipinski definition) is 9. The fraction of sp³-hybridized carbons (Fsp3) is 0.722. The maximum absolute atomic E-state index is 12.3. The molecule has 0 aliphatic rings. The third-order valence-electron chi connectivity index (χ3n) is 4.63. The summed E-state index contributed by atoms with van der Waals surface area (Å²) >= 11 is 0. The highest BCUT2D eigenvalue weighted by atomic mass is 31.2. The number of hydrogen-bond donors (Lipinski definition) is 7. The van der Waals surface area contributed by atoms with E-state index in [1.807, 2.05) is 0 Å². The number of nitrogens with zero attached hydrogens (tertiary/aromatic N) is 3. The van der Waals surface area contributed by atoms with Crippen LogP contribution in [0.3, 0.4) is 0 Å². The Balaban J connectivity index is 1.61. The summed E-state index contributed by atoms with van der Waals surface area (Å²) < 4.78 is 19.4. The molecule has 2 heterocycles. The first-order valence-corrected chi connectivity index (χ1v) is 12.7. The molecule has 0 radical (unpaired) electrons. The van der Waals surface area contributed by atoms with Gasteiger partial charge in [-0.1, -0.05) is 0 Å². The van der Waals surface area contributed by atoms with Crippen molar-refractivity contribution in [2.24, 2.45) is 5.73 Å². The first kappa shape index (κ1) is 26.4. The Morgan fingerprint density at radius 3 is 2.56 bits per heavy atom. The fourth-order valence-electron chi connectivity index (χ4n) is 2.99. The number of aromatic nitrogens is 4. The minimum absolute atomic E-state index is 0.00412. The lowest BCUT2D eigenvalue weighted by Crippen LogP contribution is -2.26. The van der Waals surface area contributed by atoms with Crippen molar-refractivity contribution < 1.29 is 14.2 Å². The van der Waals surface area contributed by atoms with E-state index in [2.05, 4.69) is 30.7 Å². The summed E-state index contributed by atoms with van der Waals surface area (Å²) in [7, 11) is -3.61. The van der Waals surface area contributed by atoms with Crippen LogP contribution >= 0.6 is 7.52 Å². The Bertz CT molecular complexity index is 919. The van der Waals surface area contributed by atoms with Gasteiger partial charge in [-0.3, -0.25) is 14.3 Å². The van der Waals surface area contributed by atoms with E-state index >= 15 is 0 Å². The van der Waals surface area contributed by atoms with Crippen molar-refractivity contribution in [1.29, 1.82) is 0 Å². The van der Waals surface area contributed by atoms with Gasteiger partial charge in [0.25, 0.3) is 13.1 Å². The molecule has 2 rings (SSSR count).